The Morgan fingerprint density at radius 1 is 1.42 bits per heavy atom. The normalized spacial score (nSPS) is 16.5. The van der Waals surface area contributed by atoms with Crippen molar-refractivity contribution in [1.29, 1.82) is 0 Å². The molecule has 0 saturated heterocycles. The molecule has 1 aliphatic carbocycles. The van der Waals surface area contributed by atoms with Gasteiger partial charge in [0.2, 0.25) is 0 Å². The van der Waals surface area contributed by atoms with Gasteiger partial charge >= 0.3 is 5.97 Å². The van der Waals surface area contributed by atoms with Crippen LogP contribution in [-0.2, 0) is 4.79 Å². The van der Waals surface area contributed by atoms with Crippen LogP contribution in [0.3, 0.4) is 0 Å². The highest BCUT2D eigenvalue weighted by molar-refractivity contribution is 5.96. The summed E-state index contributed by atoms with van der Waals surface area (Å²) >= 11 is 0. The SMILES string of the molecule is Cc1ccc(F)cc1C(=O)NCC1(C(=O)O)CCC1. The van der Waals surface area contributed by atoms with Gasteiger partial charge in [0.05, 0.1) is 5.41 Å². The molecule has 4 nitrogen and oxygen atoms in total. The van der Waals surface area contributed by atoms with Gasteiger partial charge in [0, 0.05) is 12.1 Å². The second kappa shape index (κ2) is 4.99. The highest BCUT2D eigenvalue weighted by atomic mass is 19.1. The standard InChI is InChI=1S/C14H16FNO3/c1-9-3-4-10(15)7-11(9)12(17)16-8-14(13(18)19)5-2-6-14/h3-4,7H,2,5-6,8H2,1H3,(H,16,17)(H,18,19). The Labute approximate surface area is 110 Å². The van der Waals surface area contributed by atoms with Crippen LogP contribution < -0.4 is 5.32 Å². The van der Waals surface area contributed by atoms with E-state index in [1.807, 2.05) is 0 Å². The van der Waals surface area contributed by atoms with E-state index in [0.29, 0.717) is 18.4 Å². The quantitative estimate of drug-likeness (QED) is 0.876. The van der Waals surface area contributed by atoms with Gasteiger partial charge in [0.15, 0.2) is 0 Å². The molecule has 0 atom stereocenters. The van der Waals surface area contributed by atoms with Gasteiger partial charge in [-0.1, -0.05) is 12.5 Å². The average Bonchev–Trinajstić information content (AvgIpc) is 2.30. The molecule has 1 saturated carbocycles. The first-order chi connectivity index (χ1) is 8.94. The molecule has 0 spiro atoms. The number of carboxylic acids is 1. The van der Waals surface area contributed by atoms with E-state index >= 15 is 0 Å². The first-order valence-corrected chi connectivity index (χ1v) is 6.22. The maximum atomic E-state index is 13.1. The van der Waals surface area contributed by atoms with E-state index in [4.69, 9.17) is 5.11 Å². The van der Waals surface area contributed by atoms with Crippen molar-refractivity contribution >= 4 is 11.9 Å². The molecule has 1 amide bonds. The zero-order valence-electron chi connectivity index (χ0n) is 10.7. The van der Waals surface area contributed by atoms with Crippen LogP contribution in [0, 0.1) is 18.2 Å². The lowest BCUT2D eigenvalue weighted by Crippen LogP contribution is -2.47. The number of nitrogens with one attached hydrogen (secondary N) is 1. The molecule has 1 fully saturated rings. The molecule has 19 heavy (non-hydrogen) atoms. The summed E-state index contributed by atoms with van der Waals surface area (Å²) in [4.78, 5) is 23.1. The lowest BCUT2D eigenvalue weighted by molar-refractivity contribution is -0.153. The van der Waals surface area contributed by atoms with Crippen LogP contribution >= 0.6 is 0 Å². The van der Waals surface area contributed by atoms with Gasteiger partial charge in [-0.15, -0.1) is 0 Å². The van der Waals surface area contributed by atoms with Crippen molar-refractivity contribution in [3.63, 3.8) is 0 Å². The van der Waals surface area contributed by atoms with E-state index in [0.717, 1.165) is 6.42 Å². The molecule has 0 bridgehead atoms. The van der Waals surface area contributed by atoms with E-state index in [9.17, 15) is 14.0 Å². The summed E-state index contributed by atoms with van der Waals surface area (Å²) in [6.45, 7) is 1.81. The lowest BCUT2D eigenvalue weighted by Gasteiger charge is -2.37. The predicted molar refractivity (Wildman–Crippen MR) is 67.4 cm³/mol. The number of aliphatic carboxylic acids is 1. The summed E-state index contributed by atoms with van der Waals surface area (Å²) in [7, 11) is 0. The maximum Gasteiger partial charge on any atom is 0.311 e. The van der Waals surface area contributed by atoms with E-state index < -0.39 is 23.1 Å². The molecular formula is C14H16FNO3. The average molecular weight is 265 g/mol. The third-order valence-corrected chi connectivity index (χ3v) is 3.80. The molecule has 2 N–H and O–H groups in total. The molecule has 102 valence electrons. The van der Waals surface area contributed by atoms with Crippen molar-refractivity contribution < 1.29 is 19.1 Å². The highest BCUT2D eigenvalue weighted by Crippen LogP contribution is 2.40. The number of amides is 1. The molecule has 0 radical (unpaired) electrons. The molecule has 0 unspecified atom stereocenters. The minimum Gasteiger partial charge on any atom is -0.481 e. The van der Waals surface area contributed by atoms with E-state index in [1.165, 1.54) is 18.2 Å². The number of aryl methyl sites for hydroxylation is 1. The Balaban J connectivity index is 2.05. The number of rotatable bonds is 4. The van der Waals surface area contributed by atoms with Crippen molar-refractivity contribution in [3.8, 4) is 0 Å². The molecule has 0 aliphatic heterocycles. The Kier molecular flexibility index (Phi) is 3.55. The minimum atomic E-state index is -0.880. The Morgan fingerprint density at radius 2 is 2.11 bits per heavy atom. The molecule has 1 aliphatic rings. The van der Waals surface area contributed by atoms with Crippen LogP contribution in [0.1, 0.15) is 35.2 Å². The summed E-state index contributed by atoms with van der Waals surface area (Å²) in [6.07, 6.45) is 2.01. The van der Waals surface area contributed by atoms with Crippen LogP contribution in [-0.4, -0.2) is 23.5 Å². The maximum absolute atomic E-state index is 13.1. The van der Waals surface area contributed by atoms with Crippen LogP contribution in [0.25, 0.3) is 0 Å². The Bertz CT molecular complexity index is 523. The minimum absolute atomic E-state index is 0.0944. The topological polar surface area (TPSA) is 66.4 Å². The van der Waals surface area contributed by atoms with Crippen LogP contribution in [0.15, 0.2) is 18.2 Å². The molecule has 2 rings (SSSR count). The van der Waals surface area contributed by atoms with Crippen molar-refractivity contribution in [2.24, 2.45) is 5.41 Å². The molecule has 1 aromatic rings. The van der Waals surface area contributed by atoms with Gasteiger partial charge < -0.3 is 10.4 Å². The second-order valence-corrected chi connectivity index (χ2v) is 5.08. The summed E-state index contributed by atoms with van der Waals surface area (Å²) in [5.74, 6) is -1.79. The third-order valence-electron chi connectivity index (χ3n) is 3.80. The van der Waals surface area contributed by atoms with E-state index in [-0.39, 0.29) is 12.1 Å². The zero-order chi connectivity index (χ0) is 14.0. The van der Waals surface area contributed by atoms with Crippen molar-refractivity contribution in [3.05, 3.63) is 35.1 Å². The summed E-state index contributed by atoms with van der Waals surface area (Å²) < 4.78 is 13.1. The summed E-state index contributed by atoms with van der Waals surface area (Å²) in [5, 5.41) is 11.8. The fraction of sp³-hybridized carbons (Fsp3) is 0.429. The van der Waals surface area contributed by atoms with Gasteiger partial charge in [-0.05, 0) is 37.5 Å². The smallest absolute Gasteiger partial charge is 0.311 e. The third kappa shape index (κ3) is 2.59. The number of hydrogen-bond acceptors (Lipinski definition) is 2. The zero-order valence-corrected chi connectivity index (χ0v) is 10.7. The molecule has 0 aromatic heterocycles. The number of halogens is 1. The fourth-order valence-corrected chi connectivity index (χ4v) is 2.25. The molecule has 5 heteroatoms. The van der Waals surface area contributed by atoms with Gasteiger partial charge in [0.25, 0.3) is 5.91 Å². The Morgan fingerprint density at radius 3 is 2.63 bits per heavy atom. The summed E-state index contributed by atoms with van der Waals surface area (Å²) in [6, 6.07) is 3.98. The number of benzene rings is 1. The van der Waals surface area contributed by atoms with Crippen LogP contribution in [0.2, 0.25) is 0 Å². The summed E-state index contributed by atoms with van der Waals surface area (Å²) in [5.41, 5.74) is 0.0772. The monoisotopic (exact) mass is 265 g/mol. The largest absolute Gasteiger partial charge is 0.481 e. The van der Waals surface area contributed by atoms with Crippen molar-refractivity contribution in [2.45, 2.75) is 26.2 Å². The Hall–Kier alpha value is -1.91. The molecule has 0 heterocycles. The number of carbonyl (C=O) groups excluding carboxylic acids is 1. The van der Waals surface area contributed by atoms with E-state index in [1.54, 1.807) is 6.92 Å². The van der Waals surface area contributed by atoms with Crippen LogP contribution in [0.5, 0.6) is 0 Å². The number of carboxylic acid groups (broad SMARTS) is 1. The van der Waals surface area contributed by atoms with E-state index in [2.05, 4.69) is 5.32 Å². The molecule has 1 aromatic carbocycles. The first kappa shape index (κ1) is 13.5. The van der Waals surface area contributed by atoms with Gasteiger partial charge in [-0.3, -0.25) is 9.59 Å². The van der Waals surface area contributed by atoms with Gasteiger partial charge in [0.1, 0.15) is 5.82 Å². The fourth-order valence-electron chi connectivity index (χ4n) is 2.25. The highest BCUT2D eigenvalue weighted by Gasteiger charge is 2.44. The van der Waals surface area contributed by atoms with Gasteiger partial charge in [-0.2, -0.15) is 0 Å². The first-order valence-electron chi connectivity index (χ1n) is 6.22. The van der Waals surface area contributed by atoms with Crippen LogP contribution in [0.4, 0.5) is 4.39 Å². The molecular weight excluding hydrogens is 249 g/mol. The number of carbonyl (C=O) groups is 2. The van der Waals surface area contributed by atoms with Crippen molar-refractivity contribution in [2.75, 3.05) is 6.54 Å². The predicted octanol–water partition coefficient (Wildman–Crippen LogP) is 2.12. The van der Waals surface area contributed by atoms with Gasteiger partial charge in [-0.25, -0.2) is 4.39 Å². The lowest BCUT2D eigenvalue weighted by atomic mass is 9.69. The van der Waals surface area contributed by atoms with Crippen molar-refractivity contribution in [1.82, 2.24) is 5.32 Å². The second-order valence-electron chi connectivity index (χ2n) is 5.08. The number of hydrogen-bond donors (Lipinski definition) is 2.